The topological polar surface area (TPSA) is 50.4 Å². The second kappa shape index (κ2) is 6.87. The average Bonchev–Trinajstić information content (AvgIpc) is 3.12. The van der Waals surface area contributed by atoms with E-state index in [0.717, 1.165) is 23.1 Å². The lowest BCUT2D eigenvalue weighted by molar-refractivity contribution is 0.0526. The summed E-state index contributed by atoms with van der Waals surface area (Å²) < 4.78 is 5.02. The molecule has 23 heavy (non-hydrogen) atoms. The van der Waals surface area contributed by atoms with E-state index in [-0.39, 0.29) is 5.97 Å². The number of rotatable bonds is 4. The molecule has 3 atom stereocenters. The lowest BCUT2D eigenvalue weighted by atomic mass is 9.95. The maximum atomic E-state index is 11.8. The van der Waals surface area contributed by atoms with Crippen LogP contribution in [0.1, 0.15) is 48.5 Å². The van der Waals surface area contributed by atoms with Crippen LogP contribution in [0, 0.1) is 18.8 Å². The van der Waals surface area contributed by atoms with Crippen molar-refractivity contribution in [3.05, 3.63) is 29.3 Å². The fourth-order valence-electron chi connectivity index (χ4n) is 3.89. The molecule has 2 aliphatic rings. The van der Waals surface area contributed by atoms with Crippen LogP contribution in [0.2, 0.25) is 0 Å². The number of thiocarbonyl (C=S) groups is 1. The van der Waals surface area contributed by atoms with Crippen molar-refractivity contribution in [3.8, 4) is 0 Å². The number of nitrogens with one attached hydrogen (secondary N) is 2. The molecule has 0 unspecified atom stereocenters. The molecule has 0 saturated heterocycles. The van der Waals surface area contributed by atoms with Gasteiger partial charge >= 0.3 is 5.97 Å². The SMILES string of the molecule is CCOC(=O)c1ccc(NC(=S)N[C@@H]2C[C@H]3CC[C@H]2C3)c(C)c1. The van der Waals surface area contributed by atoms with Crippen molar-refractivity contribution in [1.82, 2.24) is 5.32 Å². The Balaban J connectivity index is 1.59. The Kier molecular flexibility index (Phi) is 4.85. The van der Waals surface area contributed by atoms with Crippen molar-refractivity contribution in [1.29, 1.82) is 0 Å². The first-order chi connectivity index (χ1) is 11.1. The molecule has 1 aromatic rings. The number of hydrogen-bond acceptors (Lipinski definition) is 3. The molecule has 2 N–H and O–H groups in total. The number of carbonyl (C=O) groups is 1. The van der Waals surface area contributed by atoms with Gasteiger partial charge in [-0.25, -0.2) is 4.79 Å². The van der Waals surface area contributed by atoms with E-state index in [9.17, 15) is 4.79 Å². The van der Waals surface area contributed by atoms with Gasteiger partial charge in [-0.05, 0) is 80.9 Å². The zero-order valence-corrected chi connectivity index (χ0v) is 14.5. The van der Waals surface area contributed by atoms with Crippen LogP contribution in [-0.2, 0) is 4.74 Å². The maximum Gasteiger partial charge on any atom is 0.338 e. The zero-order chi connectivity index (χ0) is 16.4. The molecular formula is C18H24N2O2S. The minimum Gasteiger partial charge on any atom is -0.462 e. The highest BCUT2D eigenvalue weighted by Crippen LogP contribution is 2.44. The first kappa shape index (κ1) is 16.2. The molecule has 124 valence electrons. The van der Waals surface area contributed by atoms with Gasteiger partial charge in [0.15, 0.2) is 5.11 Å². The summed E-state index contributed by atoms with van der Waals surface area (Å²) in [5.74, 6) is 1.39. The van der Waals surface area contributed by atoms with Gasteiger partial charge in [-0.1, -0.05) is 6.42 Å². The smallest absolute Gasteiger partial charge is 0.338 e. The van der Waals surface area contributed by atoms with E-state index in [4.69, 9.17) is 17.0 Å². The average molecular weight is 332 g/mol. The van der Waals surface area contributed by atoms with Gasteiger partial charge in [0.25, 0.3) is 0 Å². The summed E-state index contributed by atoms with van der Waals surface area (Å²) in [6.45, 7) is 4.15. The molecule has 0 aliphatic heterocycles. The predicted molar refractivity (Wildman–Crippen MR) is 95.7 cm³/mol. The van der Waals surface area contributed by atoms with Gasteiger partial charge < -0.3 is 15.4 Å². The lowest BCUT2D eigenvalue weighted by Gasteiger charge is -2.25. The van der Waals surface area contributed by atoms with E-state index >= 15 is 0 Å². The quantitative estimate of drug-likeness (QED) is 0.651. The molecular weight excluding hydrogens is 308 g/mol. The third kappa shape index (κ3) is 3.66. The second-order valence-corrected chi connectivity index (χ2v) is 7.04. The highest BCUT2D eigenvalue weighted by molar-refractivity contribution is 7.80. The molecule has 0 heterocycles. The number of ether oxygens (including phenoxy) is 1. The minimum atomic E-state index is -0.287. The van der Waals surface area contributed by atoms with E-state index < -0.39 is 0 Å². The van der Waals surface area contributed by atoms with Gasteiger partial charge in [0.1, 0.15) is 0 Å². The van der Waals surface area contributed by atoms with Gasteiger partial charge in [0.2, 0.25) is 0 Å². The normalized spacial score (nSPS) is 25.2. The summed E-state index contributed by atoms with van der Waals surface area (Å²) in [5.41, 5.74) is 2.48. The van der Waals surface area contributed by atoms with Crippen LogP contribution in [0.3, 0.4) is 0 Å². The number of anilines is 1. The van der Waals surface area contributed by atoms with E-state index in [0.29, 0.717) is 23.3 Å². The van der Waals surface area contributed by atoms with Gasteiger partial charge in [0.05, 0.1) is 12.2 Å². The van der Waals surface area contributed by atoms with E-state index in [1.165, 1.54) is 25.7 Å². The highest BCUT2D eigenvalue weighted by atomic mass is 32.1. The van der Waals surface area contributed by atoms with Crippen molar-refractivity contribution in [2.75, 3.05) is 11.9 Å². The molecule has 0 radical (unpaired) electrons. The van der Waals surface area contributed by atoms with Gasteiger partial charge in [-0.15, -0.1) is 0 Å². The van der Waals surface area contributed by atoms with Crippen LogP contribution in [-0.4, -0.2) is 23.7 Å². The van der Waals surface area contributed by atoms with Crippen LogP contribution in [0.4, 0.5) is 5.69 Å². The van der Waals surface area contributed by atoms with Crippen molar-refractivity contribution in [2.24, 2.45) is 11.8 Å². The summed E-state index contributed by atoms with van der Waals surface area (Å²) in [7, 11) is 0. The molecule has 2 fully saturated rings. The number of hydrogen-bond donors (Lipinski definition) is 2. The Hall–Kier alpha value is -1.62. The molecule has 2 saturated carbocycles. The molecule has 4 nitrogen and oxygen atoms in total. The van der Waals surface area contributed by atoms with Gasteiger partial charge in [-0.2, -0.15) is 0 Å². The molecule has 5 heteroatoms. The Morgan fingerprint density at radius 1 is 1.35 bits per heavy atom. The summed E-state index contributed by atoms with van der Waals surface area (Å²) in [6.07, 6.45) is 5.32. The number of esters is 1. The third-order valence-electron chi connectivity index (χ3n) is 5.04. The number of fused-ring (bicyclic) bond motifs is 2. The maximum absolute atomic E-state index is 11.8. The number of aryl methyl sites for hydroxylation is 1. The standard InChI is InChI=1S/C18H24N2O2S/c1-3-22-17(21)14-6-7-15(11(2)8-14)19-18(23)20-16-10-12-4-5-13(16)9-12/h6-8,12-13,16H,3-5,9-10H2,1-2H3,(H2,19,20,23)/t12-,13-,16+/m0/s1. The van der Waals surface area contributed by atoms with Gasteiger partial charge in [0, 0.05) is 11.7 Å². The molecule has 3 rings (SSSR count). The summed E-state index contributed by atoms with van der Waals surface area (Å²) in [6, 6.07) is 6.01. The molecule has 1 aromatic carbocycles. The van der Waals surface area contributed by atoms with Gasteiger partial charge in [-0.3, -0.25) is 0 Å². The molecule has 0 aromatic heterocycles. The van der Waals surface area contributed by atoms with E-state index in [1.54, 1.807) is 13.0 Å². The Bertz CT molecular complexity index is 617. The second-order valence-electron chi connectivity index (χ2n) is 6.63. The fraction of sp³-hybridized carbons (Fsp3) is 0.556. The van der Waals surface area contributed by atoms with Crippen molar-refractivity contribution in [2.45, 2.75) is 45.6 Å². The predicted octanol–water partition coefficient (Wildman–Crippen LogP) is 3.65. The van der Waals surface area contributed by atoms with Crippen molar-refractivity contribution < 1.29 is 9.53 Å². The van der Waals surface area contributed by atoms with E-state index in [1.807, 2.05) is 19.1 Å². The summed E-state index contributed by atoms with van der Waals surface area (Å²) in [4.78, 5) is 11.8. The first-order valence-electron chi connectivity index (χ1n) is 8.42. The lowest BCUT2D eigenvalue weighted by Crippen LogP contribution is -2.40. The van der Waals surface area contributed by atoms with Crippen LogP contribution in [0.25, 0.3) is 0 Å². The Morgan fingerprint density at radius 3 is 2.78 bits per heavy atom. The van der Waals surface area contributed by atoms with Crippen LogP contribution in [0.5, 0.6) is 0 Å². The Morgan fingerprint density at radius 2 is 2.17 bits per heavy atom. The highest BCUT2D eigenvalue weighted by Gasteiger charge is 2.39. The zero-order valence-electron chi connectivity index (χ0n) is 13.7. The number of benzene rings is 1. The third-order valence-corrected chi connectivity index (χ3v) is 5.26. The number of carbonyl (C=O) groups excluding carboxylic acids is 1. The minimum absolute atomic E-state index is 0.287. The van der Waals surface area contributed by atoms with Crippen LogP contribution in [0.15, 0.2) is 18.2 Å². The first-order valence-corrected chi connectivity index (χ1v) is 8.83. The van der Waals surface area contributed by atoms with E-state index in [2.05, 4.69) is 10.6 Å². The molecule has 2 bridgehead atoms. The van der Waals surface area contributed by atoms with Crippen molar-refractivity contribution >= 4 is 29.0 Å². The Labute approximate surface area is 143 Å². The summed E-state index contributed by atoms with van der Waals surface area (Å²) >= 11 is 5.46. The monoisotopic (exact) mass is 332 g/mol. The summed E-state index contributed by atoms with van der Waals surface area (Å²) in [5, 5.41) is 7.41. The molecule has 0 spiro atoms. The largest absolute Gasteiger partial charge is 0.462 e. The molecule has 2 aliphatic carbocycles. The van der Waals surface area contributed by atoms with Crippen LogP contribution < -0.4 is 10.6 Å². The molecule has 0 amide bonds. The van der Waals surface area contributed by atoms with Crippen molar-refractivity contribution in [3.63, 3.8) is 0 Å². The fourth-order valence-corrected chi connectivity index (χ4v) is 4.15. The van der Waals surface area contributed by atoms with Crippen LogP contribution >= 0.6 is 12.2 Å².